The molecule has 1 aliphatic heterocycles. The molecule has 2 aromatic rings. The molecule has 2 heterocycles. The van der Waals surface area contributed by atoms with Gasteiger partial charge in [0.2, 0.25) is 0 Å². The molecule has 4 nitrogen and oxygen atoms in total. The molecule has 0 spiro atoms. The highest BCUT2D eigenvalue weighted by atomic mass is 16.5. The van der Waals surface area contributed by atoms with Crippen LogP contribution in [0.4, 0.5) is 0 Å². The van der Waals surface area contributed by atoms with Gasteiger partial charge in [-0.2, -0.15) is 5.26 Å². The molecule has 0 aliphatic carbocycles. The van der Waals surface area contributed by atoms with Crippen LogP contribution in [0.3, 0.4) is 0 Å². The third-order valence-electron chi connectivity index (χ3n) is 4.13. The monoisotopic (exact) mass is 282 g/mol. The number of hydrogen-bond donors (Lipinski definition) is 0. The summed E-state index contributed by atoms with van der Waals surface area (Å²) in [5, 5.41) is 9.44. The van der Waals surface area contributed by atoms with Crippen LogP contribution in [0.1, 0.15) is 23.7 Å². The van der Waals surface area contributed by atoms with Crippen molar-refractivity contribution in [2.45, 2.75) is 26.3 Å². The third kappa shape index (κ3) is 1.97. The van der Waals surface area contributed by atoms with E-state index in [-0.39, 0.29) is 0 Å². The van der Waals surface area contributed by atoms with Crippen molar-refractivity contribution >= 4 is 0 Å². The Morgan fingerprint density at radius 2 is 1.90 bits per heavy atom. The Hall–Kier alpha value is -2.41. The van der Waals surface area contributed by atoms with Gasteiger partial charge < -0.3 is 14.0 Å². The number of rotatable bonds is 3. The van der Waals surface area contributed by atoms with E-state index in [4.69, 9.17) is 9.47 Å². The Kier molecular flexibility index (Phi) is 3.34. The van der Waals surface area contributed by atoms with E-state index in [1.54, 1.807) is 14.2 Å². The number of ether oxygens (including phenoxy) is 2. The first kappa shape index (κ1) is 13.6. The highest BCUT2D eigenvalue weighted by Gasteiger charge is 2.24. The summed E-state index contributed by atoms with van der Waals surface area (Å²) in [5.74, 6) is 1.44. The number of aromatic nitrogens is 1. The highest BCUT2D eigenvalue weighted by Crippen LogP contribution is 2.40. The Morgan fingerprint density at radius 1 is 1.19 bits per heavy atom. The van der Waals surface area contributed by atoms with Crippen LogP contribution in [0.25, 0.3) is 11.3 Å². The van der Waals surface area contributed by atoms with Gasteiger partial charge in [0.15, 0.2) is 11.5 Å². The first-order chi connectivity index (χ1) is 10.2. The summed E-state index contributed by atoms with van der Waals surface area (Å²) in [5.41, 5.74) is 5.24. The lowest BCUT2D eigenvalue weighted by Gasteiger charge is -2.23. The number of fused-ring (bicyclic) bond motifs is 3. The normalized spacial score (nSPS) is 12.3. The number of methoxy groups -OCH3 is 2. The number of nitrogens with zero attached hydrogens (tertiary/aromatic N) is 2. The molecular weight excluding hydrogens is 264 g/mol. The van der Waals surface area contributed by atoms with Gasteiger partial charge in [0, 0.05) is 17.8 Å². The van der Waals surface area contributed by atoms with E-state index in [2.05, 4.69) is 17.6 Å². The van der Waals surface area contributed by atoms with Crippen molar-refractivity contribution in [1.82, 2.24) is 4.57 Å². The average Bonchev–Trinajstić information content (AvgIpc) is 2.91. The van der Waals surface area contributed by atoms with E-state index >= 15 is 0 Å². The quantitative estimate of drug-likeness (QED) is 0.868. The summed E-state index contributed by atoms with van der Waals surface area (Å²) in [6.45, 7) is 3.02. The summed E-state index contributed by atoms with van der Waals surface area (Å²) in [6, 6.07) is 8.34. The van der Waals surface area contributed by atoms with E-state index in [0.717, 1.165) is 42.0 Å². The summed E-state index contributed by atoms with van der Waals surface area (Å²) in [7, 11) is 3.28. The fraction of sp³-hybridized carbons (Fsp3) is 0.353. The number of hydrogen-bond acceptors (Lipinski definition) is 3. The lowest BCUT2D eigenvalue weighted by atomic mass is 9.96. The van der Waals surface area contributed by atoms with Crippen molar-refractivity contribution in [2.75, 3.05) is 14.2 Å². The summed E-state index contributed by atoms with van der Waals surface area (Å²) >= 11 is 0. The fourth-order valence-corrected chi connectivity index (χ4v) is 3.11. The van der Waals surface area contributed by atoms with Crippen molar-refractivity contribution in [2.24, 2.45) is 0 Å². The van der Waals surface area contributed by atoms with Gasteiger partial charge in [0.1, 0.15) is 6.07 Å². The number of nitriles is 1. The third-order valence-corrected chi connectivity index (χ3v) is 4.13. The van der Waals surface area contributed by atoms with E-state index in [1.807, 2.05) is 18.2 Å². The van der Waals surface area contributed by atoms with E-state index < -0.39 is 0 Å². The Morgan fingerprint density at radius 3 is 2.52 bits per heavy atom. The molecule has 3 rings (SSSR count). The Balaban J connectivity index is 2.27. The zero-order chi connectivity index (χ0) is 15.0. The van der Waals surface area contributed by atoms with Crippen LogP contribution in [0.5, 0.6) is 11.5 Å². The van der Waals surface area contributed by atoms with Gasteiger partial charge in [-0.1, -0.05) is 6.92 Å². The lowest BCUT2D eigenvalue weighted by molar-refractivity contribution is 0.354. The first-order valence-corrected chi connectivity index (χ1v) is 7.11. The first-order valence-electron chi connectivity index (χ1n) is 7.11. The Labute approximate surface area is 124 Å². The second-order valence-electron chi connectivity index (χ2n) is 5.13. The molecule has 0 N–H and O–H groups in total. The van der Waals surface area contributed by atoms with E-state index in [1.165, 1.54) is 11.3 Å². The van der Waals surface area contributed by atoms with Crippen LogP contribution in [-0.4, -0.2) is 18.8 Å². The minimum atomic E-state index is 0.702. The summed E-state index contributed by atoms with van der Waals surface area (Å²) in [4.78, 5) is 0. The molecule has 21 heavy (non-hydrogen) atoms. The standard InChI is InChI=1S/C17H18N2O2/c1-4-13-7-12(10-18)17-14-9-16(21-3)15(20-2)8-11(14)5-6-19(13)17/h7-9H,4-6H2,1-3H3. The largest absolute Gasteiger partial charge is 0.493 e. The minimum Gasteiger partial charge on any atom is -0.493 e. The van der Waals surface area contributed by atoms with Gasteiger partial charge in [-0.15, -0.1) is 0 Å². The molecule has 108 valence electrons. The minimum absolute atomic E-state index is 0.702. The van der Waals surface area contributed by atoms with Gasteiger partial charge in [-0.05, 0) is 36.6 Å². The zero-order valence-electron chi connectivity index (χ0n) is 12.6. The molecular formula is C17H18N2O2. The number of benzene rings is 1. The maximum atomic E-state index is 9.44. The molecule has 1 aromatic heterocycles. The topological polar surface area (TPSA) is 47.2 Å². The molecule has 0 atom stereocenters. The molecule has 1 aromatic carbocycles. The molecule has 1 aliphatic rings. The van der Waals surface area contributed by atoms with Crippen molar-refractivity contribution < 1.29 is 9.47 Å². The lowest BCUT2D eigenvalue weighted by Crippen LogP contribution is -2.13. The van der Waals surface area contributed by atoms with Crippen molar-refractivity contribution in [1.29, 1.82) is 5.26 Å². The molecule has 0 unspecified atom stereocenters. The maximum Gasteiger partial charge on any atom is 0.161 e. The van der Waals surface area contributed by atoms with Crippen LogP contribution in [0, 0.1) is 11.3 Å². The van der Waals surface area contributed by atoms with Gasteiger partial charge in [0.05, 0.1) is 25.5 Å². The molecule has 0 saturated carbocycles. The average molecular weight is 282 g/mol. The fourth-order valence-electron chi connectivity index (χ4n) is 3.11. The summed E-state index contributed by atoms with van der Waals surface area (Å²) in [6.07, 6.45) is 1.87. The smallest absolute Gasteiger partial charge is 0.161 e. The van der Waals surface area contributed by atoms with Crippen LogP contribution < -0.4 is 9.47 Å². The maximum absolute atomic E-state index is 9.44. The van der Waals surface area contributed by atoms with E-state index in [0.29, 0.717) is 5.75 Å². The predicted molar refractivity (Wildman–Crippen MR) is 80.8 cm³/mol. The molecule has 0 radical (unpaired) electrons. The second-order valence-corrected chi connectivity index (χ2v) is 5.13. The van der Waals surface area contributed by atoms with Crippen LogP contribution >= 0.6 is 0 Å². The molecule has 4 heteroatoms. The van der Waals surface area contributed by atoms with Crippen molar-refractivity contribution in [3.8, 4) is 28.8 Å². The highest BCUT2D eigenvalue weighted by molar-refractivity contribution is 5.76. The number of aryl methyl sites for hydroxylation is 2. The van der Waals surface area contributed by atoms with Crippen LogP contribution in [0.15, 0.2) is 18.2 Å². The zero-order valence-corrected chi connectivity index (χ0v) is 12.6. The van der Waals surface area contributed by atoms with Gasteiger partial charge in [0.25, 0.3) is 0 Å². The second kappa shape index (κ2) is 5.17. The Bertz CT molecular complexity index is 738. The molecule has 0 saturated heterocycles. The summed E-state index contributed by atoms with van der Waals surface area (Å²) < 4.78 is 13.0. The molecule has 0 bridgehead atoms. The van der Waals surface area contributed by atoms with Gasteiger partial charge >= 0.3 is 0 Å². The van der Waals surface area contributed by atoms with Crippen LogP contribution in [-0.2, 0) is 19.4 Å². The van der Waals surface area contributed by atoms with Crippen LogP contribution in [0.2, 0.25) is 0 Å². The van der Waals surface area contributed by atoms with E-state index in [9.17, 15) is 5.26 Å². The molecule has 0 amide bonds. The van der Waals surface area contributed by atoms with Crippen molar-refractivity contribution in [3.63, 3.8) is 0 Å². The van der Waals surface area contributed by atoms with Gasteiger partial charge in [-0.3, -0.25) is 0 Å². The van der Waals surface area contributed by atoms with Crippen molar-refractivity contribution in [3.05, 3.63) is 35.0 Å². The van der Waals surface area contributed by atoms with Gasteiger partial charge in [-0.25, -0.2) is 0 Å². The predicted octanol–water partition coefficient (Wildman–Crippen LogP) is 3.16. The molecule has 0 fully saturated rings. The SMILES string of the molecule is CCc1cc(C#N)c2n1CCc1cc(OC)c(OC)cc1-2.